The highest BCUT2D eigenvalue weighted by Gasteiger charge is 2.27. The first-order valence-corrected chi connectivity index (χ1v) is 30.0. The molecule has 0 saturated heterocycles. The summed E-state index contributed by atoms with van der Waals surface area (Å²) in [6, 6.07) is 0. The lowest BCUT2D eigenvalue weighted by Gasteiger charge is -2.24. The summed E-state index contributed by atoms with van der Waals surface area (Å²) in [5.74, 6) is -0.917. The highest BCUT2D eigenvalue weighted by molar-refractivity contribution is 7.47. The third-order valence-corrected chi connectivity index (χ3v) is 11.9. The largest absolute Gasteiger partial charge is 0.472 e. The number of hydrogen-bond acceptors (Lipinski definition) is 7. The van der Waals surface area contributed by atoms with Gasteiger partial charge in [0.1, 0.15) is 19.8 Å². The van der Waals surface area contributed by atoms with Gasteiger partial charge in [-0.05, 0) is 128 Å². The second kappa shape index (κ2) is 54.9. The van der Waals surface area contributed by atoms with Gasteiger partial charge in [0.15, 0.2) is 6.10 Å². The van der Waals surface area contributed by atoms with Crippen LogP contribution in [0.2, 0.25) is 0 Å². The summed E-state index contributed by atoms with van der Waals surface area (Å²) in [4.78, 5) is 35.7. The molecule has 0 aromatic rings. The molecule has 0 rings (SSSR count). The second-order valence-electron chi connectivity index (χ2n) is 19.2. The van der Waals surface area contributed by atoms with Gasteiger partial charge in [-0.3, -0.25) is 18.6 Å². The Morgan fingerprint density at radius 3 is 1.08 bits per heavy atom. The monoisotopic (exact) mass is 1070 g/mol. The van der Waals surface area contributed by atoms with Gasteiger partial charge in [0.05, 0.1) is 27.7 Å². The minimum atomic E-state index is -4.42. The molecule has 76 heavy (non-hydrogen) atoms. The van der Waals surface area contributed by atoms with Crippen LogP contribution in [-0.2, 0) is 32.7 Å². The number of ether oxygens (including phenoxy) is 2. The fourth-order valence-corrected chi connectivity index (χ4v) is 7.35. The lowest BCUT2D eigenvalue weighted by Crippen LogP contribution is -2.37. The molecule has 2 atom stereocenters. The second-order valence-corrected chi connectivity index (χ2v) is 20.7. The Balaban J connectivity index is 4.42. The van der Waals surface area contributed by atoms with Crippen molar-refractivity contribution >= 4 is 19.8 Å². The predicted molar refractivity (Wildman–Crippen MR) is 325 cm³/mol. The maximum Gasteiger partial charge on any atom is 0.472 e. The molecule has 0 aliphatic rings. The first kappa shape index (κ1) is 71.1. The molecule has 0 bridgehead atoms. The summed E-state index contributed by atoms with van der Waals surface area (Å²) >= 11 is 0. The third kappa shape index (κ3) is 58.4. The Hall–Kier alpha value is -4.89. The number of nitrogens with zero attached hydrogens (tertiary/aromatic N) is 1. The standard InChI is InChI=1S/C66H102NO8P/c1-6-8-10-12-14-16-18-20-22-24-26-28-30-31-32-33-34-35-37-39-41-43-45-47-49-51-53-55-57-59-66(69)75-64(63-74-76(70,71)73-61-60-67(3,4)5)62-72-65(68)58-56-54-52-50-48-46-44-42-40-38-36-29-27-25-23-21-19-17-15-13-11-9-7-2/h8-11,14-17,20-23,26-29,31-32,34-35,38-41,44-47,51,53,64H,6-7,12-13,18-19,24-25,30,33,36-37,42-43,48-50,52,54-63H2,1-5H3/p+1/b10-8-,11-9-,16-14-,17-15-,22-20-,23-21-,28-26-,29-27-,32-31-,35-34-,40-38-,41-39-,46-44-,47-45-,53-51-. The predicted octanol–water partition coefficient (Wildman–Crippen LogP) is 18.0. The number of phosphoric acid groups is 1. The quantitative estimate of drug-likeness (QED) is 0.0211. The number of quaternary nitrogens is 1. The van der Waals surface area contributed by atoms with Crippen molar-refractivity contribution in [2.24, 2.45) is 0 Å². The van der Waals surface area contributed by atoms with Gasteiger partial charge in [-0.1, -0.05) is 209 Å². The first-order chi connectivity index (χ1) is 37.0. The summed E-state index contributed by atoms with van der Waals surface area (Å²) < 4.78 is 34.4. The molecule has 0 aromatic heterocycles. The Morgan fingerprint density at radius 1 is 0.408 bits per heavy atom. The molecule has 0 aliphatic carbocycles. The Bertz CT molecular complexity index is 1930. The summed E-state index contributed by atoms with van der Waals surface area (Å²) in [6.45, 7) is 4.06. The lowest BCUT2D eigenvalue weighted by molar-refractivity contribution is -0.870. The molecule has 10 heteroatoms. The minimum absolute atomic E-state index is 0.00416. The van der Waals surface area contributed by atoms with E-state index in [0.717, 1.165) is 122 Å². The van der Waals surface area contributed by atoms with Gasteiger partial charge in [-0.2, -0.15) is 0 Å². The van der Waals surface area contributed by atoms with Crippen LogP contribution in [0, 0.1) is 0 Å². The highest BCUT2D eigenvalue weighted by Crippen LogP contribution is 2.43. The number of carbonyl (C=O) groups excluding carboxylic acids is 2. The number of phosphoric ester groups is 1. The zero-order chi connectivity index (χ0) is 55.6. The normalized spacial score (nSPS) is 14.7. The summed E-state index contributed by atoms with van der Waals surface area (Å²) in [7, 11) is 1.39. The Morgan fingerprint density at radius 2 is 0.724 bits per heavy atom. The number of likely N-dealkylation sites (N-methyl/N-ethyl adjacent to an activating group) is 1. The van der Waals surface area contributed by atoms with E-state index in [1.165, 1.54) is 0 Å². The van der Waals surface area contributed by atoms with E-state index in [4.69, 9.17) is 18.5 Å². The van der Waals surface area contributed by atoms with E-state index in [1.54, 1.807) is 0 Å². The molecule has 0 saturated carbocycles. The van der Waals surface area contributed by atoms with Crippen molar-refractivity contribution < 1.29 is 42.1 Å². The molecule has 0 amide bonds. The molecule has 0 radical (unpaired) electrons. The molecule has 0 fully saturated rings. The Labute approximate surface area is 463 Å². The van der Waals surface area contributed by atoms with Crippen LogP contribution in [0.25, 0.3) is 0 Å². The van der Waals surface area contributed by atoms with E-state index in [1.807, 2.05) is 27.2 Å². The molecule has 0 spiro atoms. The maximum atomic E-state index is 12.8. The lowest BCUT2D eigenvalue weighted by atomic mass is 10.1. The van der Waals surface area contributed by atoms with Crippen molar-refractivity contribution in [2.75, 3.05) is 47.5 Å². The van der Waals surface area contributed by atoms with Crippen LogP contribution in [0.15, 0.2) is 182 Å². The van der Waals surface area contributed by atoms with E-state index in [2.05, 4.69) is 190 Å². The fraction of sp³-hybridized carbons (Fsp3) is 0.515. The van der Waals surface area contributed by atoms with Gasteiger partial charge in [0, 0.05) is 12.8 Å². The molecular formula is C66H103NO8P+. The van der Waals surface area contributed by atoms with Crippen LogP contribution in [0.5, 0.6) is 0 Å². The first-order valence-electron chi connectivity index (χ1n) is 28.5. The van der Waals surface area contributed by atoms with Crippen molar-refractivity contribution in [1.82, 2.24) is 0 Å². The van der Waals surface area contributed by atoms with E-state index in [-0.39, 0.29) is 26.1 Å². The summed E-state index contributed by atoms with van der Waals surface area (Å²) in [6.07, 6.45) is 85.4. The van der Waals surface area contributed by atoms with Crippen molar-refractivity contribution in [3.8, 4) is 0 Å². The van der Waals surface area contributed by atoms with Crippen LogP contribution >= 0.6 is 7.82 Å². The number of esters is 2. The molecule has 2 unspecified atom stereocenters. The van der Waals surface area contributed by atoms with Crippen molar-refractivity contribution in [1.29, 1.82) is 0 Å². The SMILES string of the molecule is CC/C=C\C/C=C\C/C=C\C/C=C\C/C=C\C/C=C\C/C=C\C/C=C\C/C=C\CCCC(=O)OC(COC(=O)CCCCCC/C=C\C/C=C\C/C=C\C/C=C\C/C=C\C/C=C\CC)COP(=O)(O)OCC[N+](C)(C)C. The smallest absolute Gasteiger partial charge is 0.462 e. The number of hydrogen-bond donors (Lipinski definition) is 1. The number of rotatable bonds is 49. The van der Waals surface area contributed by atoms with E-state index >= 15 is 0 Å². The fourth-order valence-electron chi connectivity index (χ4n) is 6.61. The number of unbranched alkanes of at least 4 members (excludes halogenated alkanes) is 5. The average Bonchev–Trinajstić information content (AvgIpc) is 3.38. The van der Waals surface area contributed by atoms with Gasteiger partial charge in [-0.15, -0.1) is 0 Å². The van der Waals surface area contributed by atoms with Gasteiger partial charge < -0.3 is 18.9 Å². The molecular weight excluding hydrogens is 966 g/mol. The van der Waals surface area contributed by atoms with Crippen LogP contribution < -0.4 is 0 Å². The molecule has 424 valence electrons. The molecule has 0 heterocycles. The van der Waals surface area contributed by atoms with Crippen LogP contribution in [-0.4, -0.2) is 74.9 Å². The van der Waals surface area contributed by atoms with E-state index in [9.17, 15) is 19.0 Å². The van der Waals surface area contributed by atoms with Crippen molar-refractivity contribution in [2.45, 2.75) is 174 Å². The van der Waals surface area contributed by atoms with E-state index in [0.29, 0.717) is 30.3 Å². The van der Waals surface area contributed by atoms with Crippen LogP contribution in [0.3, 0.4) is 0 Å². The highest BCUT2D eigenvalue weighted by atomic mass is 31.2. The number of carbonyl (C=O) groups is 2. The average molecular weight is 1070 g/mol. The molecule has 0 aliphatic heterocycles. The van der Waals surface area contributed by atoms with Gasteiger partial charge >= 0.3 is 19.8 Å². The minimum Gasteiger partial charge on any atom is -0.462 e. The van der Waals surface area contributed by atoms with E-state index < -0.39 is 32.5 Å². The van der Waals surface area contributed by atoms with Gasteiger partial charge in [0.2, 0.25) is 0 Å². The maximum absolute atomic E-state index is 12.8. The molecule has 9 nitrogen and oxygen atoms in total. The summed E-state index contributed by atoms with van der Waals surface area (Å²) in [5.41, 5.74) is 0. The van der Waals surface area contributed by atoms with Crippen LogP contribution in [0.1, 0.15) is 168 Å². The zero-order valence-corrected chi connectivity index (χ0v) is 48.8. The third-order valence-electron chi connectivity index (χ3n) is 10.9. The summed E-state index contributed by atoms with van der Waals surface area (Å²) in [5, 5.41) is 0. The van der Waals surface area contributed by atoms with Gasteiger partial charge in [-0.25, -0.2) is 4.57 Å². The van der Waals surface area contributed by atoms with Crippen LogP contribution in [0.4, 0.5) is 0 Å². The van der Waals surface area contributed by atoms with Gasteiger partial charge in [0.25, 0.3) is 0 Å². The Kier molecular flexibility index (Phi) is 51.4. The topological polar surface area (TPSA) is 108 Å². The molecule has 0 aromatic carbocycles. The molecule has 1 N–H and O–H groups in total. The zero-order valence-electron chi connectivity index (χ0n) is 47.9. The van der Waals surface area contributed by atoms with Crippen molar-refractivity contribution in [3.63, 3.8) is 0 Å². The number of allylic oxidation sites excluding steroid dienone is 30. The van der Waals surface area contributed by atoms with Crippen molar-refractivity contribution in [3.05, 3.63) is 182 Å².